The molecule has 2 aromatic carbocycles. The van der Waals surface area contributed by atoms with Crippen LogP contribution in [0.5, 0.6) is 0 Å². The molecule has 8 nitrogen and oxygen atoms in total. The number of rotatable bonds is 6. The fourth-order valence-corrected chi connectivity index (χ4v) is 7.34. The molecule has 1 amide bonds. The topological polar surface area (TPSA) is 106 Å². The molecule has 2 aromatic heterocycles. The molecule has 0 bridgehead atoms. The van der Waals surface area contributed by atoms with Gasteiger partial charge in [0.2, 0.25) is 5.91 Å². The van der Waals surface area contributed by atoms with Crippen molar-refractivity contribution in [3.63, 3.8) is 0 Å². The van der Waals surface area contributed by atoms with Crippen molar-refractivity contribution in [2.75, 3.05) is 13.1 Å². The number of hydrogen-bond acceptors (Lipinski definition) is 5. The van der Waals surface area contributed by atoms with E-state index >= 15 is 0 Å². The molecule has 4 aromatic rings. The number of halogens is 3. The molecule has 0 radical (unpaired) electrons. The predicted octanol–water partition coefficient (Wildman–Crippen LogP) is 7.34. The Kier molecular flexibility index (Phi) is 7.64. The number of carboxylic acid groups (broad SMARTS) is 1. The number of carboxylic acids is 1. The van der Waals surface area contributed by atoms with Crippen LogP contribution in [-0.4, -0.2) is 50.6 Å². The van der Waals surface area contributed by atoms with E-state index in [0.29, 0.717) is 60.6 Å². The standard InChI is InChI=1S/C31H26Cl3N3O5/c1-2-24(38)36-10-8-16(9-11-36)30-28(29(35-42-30)27-21(33)13-19(32)14-22(27)34)31(41)37-15-18-7-6-17(12-25(39)40)20-4-3-5-23(37)26(18)20/h2-5,13-17H,1,6-12H2,(H,39,40). The molecule has 216 valence electrons. The van der Waals surface area contributed by atoms with E-state index in [1.165, 1.54) is 18.2 Å². The molecule has 1 aliphatic heterocycles. The minimum Gasteiger partial charge on any atom is -0.481 e. The van der Waals surface area contributed by atoms with Crippen LogP contribution in [0, 0.1) is 0 Å². The zero-order valence-corrected chi connectivity index (χ0v) is 24.7. The molecule has 1 fully saturated rings. The molecular weight excluding hydrogens is 601 g/mol. The highest BCUT2D eigenvalue weighted by Crippen LogP contribution is 2.44. The molecule has 0 saturated carbocycles. The van der Waals surface area contributed by atoms with Gasteiger partial charge in [-0.1, -0.05) is 58.7 Å². The van der Waals surface area contributed by atoms with Gasteiger partial charge in [0.15, 0.2) is 5.76 Å². The Balaban J connectivity index is 1.49. The minimum absolute atomic E-state index is 0.0260. The van der Waals surface area contributed by atoms with Crippen molar-refractivity contribution in [1.29, 1.82) is 0 Å². The maximum absolute atomic E-state index is 14.6. The smallest absolute Gasteiger partial charge is 0.303 e. The first-order valence-corrected chi connectivity index (χ1v) is 14.8. The van der Waals surface area contributed by atoms with Gasteiger partial charge in [-0.2, -0.15) is 0 Å². The van der Waals surface area contributed by atoms with E-state index in [9.17, 15) is 19.5 Å². The first kappa shape index (κ1) is 28.5. The molecular formula is C31H26Cl3N3O5. The number of aliphatic carboxylic acids is 1. The van der Waals surface area contributed by atoms with Gasteiger partial charge < -0.3 is 14.5 Å². The fraction of sp³-hybridized carbons (Fsp3) is 0.290. The quantitative estimate of drug-likeness (QED) is 0.225. The van der Waals surface area contributed by atoms with Gasteiger partial charge in [0, 0.05) is 41.2 Å². The zero-order valence-electron chi connectivity index (χ0n) is 22.4. The number of carbonyl (C=O) groups is 3. The molecule has 11 heteroatoms. The maximum Gasteiger partial charge on any atom is 0.303 e. The van der Waals surface area contributed by atoms with Crippen LogP contribution in [0.4, 0.5) is 0 Å². The highest BCUT2D eigenvalue weighted by molar-refractivity contribution is 6.42. The lowest BCUT2D eigenvalue weighted by molar-refractivity contribution is -0.137. The monoisotopic (exact) mass is 625 g/mol. The van der Waals surface area contributed by atoms with Gasteiger partial charge >= 0.3 is 5.97 Å². The van der Waals surface area contributed by atoms with Crippen LogP contribution in [0.15, 0.2) is 53.7 Å². The van der Waals surface area contributed by atoms with Crippen molar-refractivity contribution < 1.29 is 24.0 Å². The van der Waals surface area contributed by atoms with Crippen molar-refractivity contribution in [3.05, 3.63) is 86.7 Å². The van der Waals surface area contributed by atoms with Crippen LogP contribution in [0.25, 0.3) is 22.2 Å². The van der Waals surface area contributed by atoms with E-state index in [-0.39, 0.29) is 51.4 Å². The first-order valence-electron chi connectivity index (χ1n) is 13.6. The average Bonchev–Trinajstić information content (AvgIpc) is 3.56. The summed E-state index contributed by atoms with van der Waals surface area (Å²) in [5.41, 5.74) is 3.38. The number of aryl methyl sites for hydroxylation is 1. The summed E-state index contributed by atoms with van der Waals surface area (Å²) in [4.78, 5) is 40.0. The number of benzene rings is 2. The molecule has 6 rings (SSSR count). The second kappa shape index (κ2) is 11.2. The van der Waals surface area contributed by atoms with E-state index in [2.05, 4.69) is 11.7 Å². The molecule has 1 unspecified atom stereocenters. The number of hydrogen-bond donors (Lipinski definition) is 1. The molecule has 1 aliphatic carbocycles. The van der Waals surface area contributed by atoms with Crippen LogP contribution in [0.2, 0.25) is 15.1 Å². The summed E-state index contributed by atoms with van der Waals surface area (Å²) in [5, 5.41) is 15.5. The number of piperidine rings is 1. The molecule has 2 aliphatic rings. The highest BCUT2D eigenvalue weighted by Gasteiger charge is 2.36. The summed E-state index contributed by atoms with van der Waals surface area (Å²) in [6.45, 7) is 4.53. The van der Waals surface area contributed by atoms with Crippen molar-refractivity contribution in [3.8, 4) is 11.3 Å². The van der Waals surface area contributed by atoms with E-state index in [1.54, 1.807) is 9.47 Å². The predicted molar refractivity (Wildman–Crippen MR) is 161 cm³/mol. The van der Waals surface area contributed by atoms with Crippen molar-refractivity contribution in [2.24, 2.45) is 0 Å². The van der Waals surface area contributed by atoms with Gasteiger partial charge in [0.05, 0.1) is 22.0 Å². The maximum atomic E-state index is 14.6. The SMILES string of the molecule is C=CC(=O)N1CCC(c2onc(-c3c(Cl)cc(Cl)cc3Cl)c2C(=O)n2cc3c4c(cccc42)C(CC(=O)O)CC3)CC1. The molecule has 42 heavy (non-hydrogen) atoms. The summed E-state index contributed by atoms with van der Waals surface area (Å²) < 4.78 is 7.50. The van der Waals surface area contributed by atoms with E-state index < -0.39 is 5.97 Å². The van der Waals surface area contributed by atoms with Crippen LogP contribution >= 0.6 is 34.8 Å². The molecule has 1 saturated heterocycles. The number of carbonyl (C=O) groups excluding carboxylic acids is 2. The normalized spacial score (nSPS) is 17.0. The van der Waals surface area contributed by atoms with Gasteiger partial charge in [0.25, 0.3) is 5.91 Å². The summed E-state index contributed by atoms with van der Waals surface area (Å²) >= 11 is 19.4. The lowest BCUT2D eigenvalue weighted by atomic mass is 9.82. The lowest BCUT2D eigenvalue weighted by Crippen LogP contribution is -2.37. The summed E-state index contributed by atoms with van der Waals surface area (Å²) in [7, 11) is 0. The highest BCUT2D eigenvalue weighted by atomic mass is 35.5. The Labute approximate surface area is 256 Å². The van der Waals surface area contributed by atoms with Crippen LogP contribution in [-0.2, 0) is 16.0 Å². The van der Waals surface area contributed by atoms with Crippen molar-refractivity contribution >= 4 is 63.5 Å². The van der Waals surface area contributed by atoms with Crippen molar-refractivity contribution in [2.45, 2.75) is 43.9 Å². The summed E-state index contributed by atoms with van der Waals surface area (Å²) in [6.07, 6.45) is 5.61. The molecule has 1 atom stereocenters. The Bertz CT molecular complexity index is 1740. The lowest BCUT2D eigenvalue weighted by Gasteiger charge is -2.30. The second-order valence-electron chi connectivity index (χ2n) is 10.7. The number of aromatic nitrogens is 2. The van der Waals surface area contributed by atoms with E-state index in [0.717, 1.165) is 16.5 Å². The van der Waals surface area contributed by atoms with Crippen LogP contribution in [0.3, 0.4) is 0 Å². The minimum atomic E-state index is -0.854. The Morgan fingerprint density at radius 1 is 1.10 bits per heavy atom. The van der Waals surface area contributed by atoms with Gasteiger partial charge in [-0.15, -0.1) is 0 Å². The zero-order chi connectivity index (χ0) is 29.7. The number of likely N-dealkylation sites (tertiary alicyclic amines) is 1. The Hall–Kier alpha value is -3.59. The molecule has 1 N–H and O–H groups in total. The molecule has 3 heterocycles. The van der Waals surface area contributed by atoms with E-state index in [4.69, 9.17) is 39.3 Å². The average molecular weight is 627 g/mol. The van der Waals surface area contributed by atoms with Crippen LogP contribution in [0.1, 0.15) is 64.8 Å². The Morgan fingerprint density at radius 2 is 1.81 bits per heavy atom. The third kappa shape index (κ3) is 4.91. The van der Waals surface area contributed by atoms with Gasteiger partial charge in [-0.25, -0.2) is 0 Å². The number of amides is 1. The van der Waals surface area contributed by atoms with Crippen molar-refractivity contribution in [1.82, 2.24) is 14.6 Å². The fourth-order valence-electron chi connectivity index (χ4n) is 6.34. The summed E-state index contributed by atoms with van der Waals surface area (Å²) in [5.74, 6) is -1.28. The first-order chi connectivity index (χ1) is 20.2. The third-order valence-electron chi connectivity index (χ3n) is 8.31. The van der Waals surface area contributed by atoms with E-state index in [1.807, 2.05) is 24.4 Å². The van der Waals surface area contributed by atoms with Crippen LogP contribution < -0.4 is 0 Å². The van der Waals surface area contributed by atoms with Gasteiger partial charge in [-0.3, -0.25) is 19.0 Å². The van der Waals surface area contributed by atoms with Gasteiger partial charge in [0.1, 0.15) is 11.3 Å². The largest absolute Gasteiger partial charge is 0.481 e. The van der Waals surface area contributed by atoms with Gasteiger partial charge in [-0.05, 0) is 67.0 Å². The second-order valence-corrected chi connectivity index (χ2v) is 12.0. The third-order valence-corrected chi connectivity index (χ3v) is 9.12. The number of nitrogens with zero attached hydrogens (tertiary/aromatic N) is 3. The summed E-state index contributed by atoms with van der Waals surface area (Å²) in [6, 6.07) is 8.72. The Morgan fingerprint density at radius 3 is 2.48 bits per heavy atom. The molecule has 0 spiro atoms.